The fourth-order valence-corrected chi connectivity index (χ4v) is 3.62. The molecule has 1 aromatic heterocycles. The number of carbonyl (C=O) groups is 1. The maximum atomic E-state index is 13.5. The highest BCUT2D eigenvalue weighted by atomic mass is 32.2. The van der Waals surface area contributed by atoms with E-state index in [2.05, 4.69) is 4.98 Å². The van der Waals surface area contributed by atoms with Crippen LogP contribution in [-0.2, 0) is 12.2 Å². The standard InChI is InChI=1S/C14H14FNO2S2/c1-2-5-10-13(14(17)18)20-12(16-10)8-19-11-7-4-3-6-9(11)15/h3-4,6-7H,2,5,8H2,1H3,(H,17,18). The van der Waals surface area contributed by atoms with Gasteiger partial charge in [-0.3, -0.25) is 0 Å². The number of carboxylic acids is 1. The molecule has 1 heterocycles. The van der Waals surface area contributed by atoms with E-state index >= 15 is 0 Å². The Labute approximate surface area is 124 Å². The summed E-state index contributed by atoms with van der Waals surface area (Å²) in [6.07, 6.45) is 1.51. The number of benzene rings is 1. The van der Waals surface area contributed by atoms with E-state index in [4.69, 9.17) is 5.11 Å². The first kappa shape index (κ1) is 15.0. The third-order valence-electron chi connectivity index (χ3n) is 2.61. The number of aromatic carboxylic acids is 1. The van der Waals surface area contributed by atoms with Crippen molar-refractivity contribution in [3.63, 3.8) is 0 Å². The van der Waals surface area contributed by atoms with Crippen molar-refractivity contribution in [2.24, 2.45) is 0 Å². The van der Waals surface area contributed by atoms with Crippen molar-refractivity contribution in [3.05, 3.63) is 45.7 Å². The molecule has 0 aliphatic carbocycles. The first-order chi connectivity index (χ1) is 9.61. The van der Waals surface area contributed by atoms with Crippen molar-refractivity contribution in [2.45, 2.75) is 30.4 Å². The molecule has 1 N–H and O–H groups in total. The Hall–Kier alpha value is -1.40. The summed E-state index contributed by atoms with van der Waals surface area (Å²) in [4.78, 5) is 16.4. The van der Waals surface area contributed by atoms with Crippen LogP contribution in [0.2, 0.25) is 0 Å². The molecular formula is C14H14FNO2S2. The lowest BCUT2D eigenvalue weighted by Gasteiger charge is -2.00. The van der Waals surface area contributed by atoms with Gasteiger partial charge >= 0.3 is 5.97 Å². The molecule has 2 rings (SSSR count). The average molecular weight is 311 g/mol. The van der Waals surface area contributed by atoms with E-state index in [0.717, 1.165) is 11.4 Å². The Kier molecular flexibility index (Phi) is 5.14. The zero-order valence-corrected chi connectivity index (χ0v) is 12.6. The molecule has 3 nitrogen and oxygen atoms in total. The first-order valence-electron chi connectivity index (χ1n) is 6.21. The minimum absolute atomic E-state index is 0.263. The van der Waals surface area contributed by atoms with Gasteiger partial charge in [0.25, 0.3) is 0 Å². The SMILES string of the molecule is CCCc1nc(CSc2ccccc2F)sc1C(=O)O. The van der Waals surface area contributed by atoms with Gasteiger partial charge in [-0.05, 0) is 18.6 Å². The molecule has 20 heavy (non-hydrogen) atoms. The summed E-state index contributed by atoms with van der Waals surface area (Å²) in [6.45, 7) is 1.98. The lowest BCUT2D eigenvalue weighted by atomic mass is 10.2. The highest BCUT2D eigenvalue weighted by Crippen LogP contribution is 2.29. The number of halogens is 1. The number of nitrogens with zero attached hydrogens (tertiary/aromatic N) is 1. The number of thiazole rings is 1. The summed E-state index contributed by atoms with van der Waals surface area (Å²) in [7, 11) is 0. The van der Waals surface area contributed by atoms with Crippen LogP contribution in [0.3, 0.4) is 0 Å². The van der Waals surface area contributed by atoms with Crippen LogP contribution >= 0.6 is 23.1 Å². The zero-order valence-electron chi connectivity index (χ0n) is 10.9. The second-order valence-electron chi connectivity index (χ2n) is 4.16. The molecule has 0 unspecified atom stereocenters. The Morgan fingerprint density at radius 3 is 2.85 bits per heavy atom. The van der Waals surface area contributed by atoms with Crippen LogP contribution in [-0.4, -0.2) is 16.1 Å². The Morgan fingerprint density at radius 1 is 1.45 bits per heavy atom. The summed E-state index contributed by atoms with van der Waals surface area (Å²) >= 11 is 2.51. The molecule has 6 heteroatoms. The molecule has 0 radical (unpaired) electrons. The number of aryl methyl sites for hydroxylation is 1. The van der Waals surface area contributed by atoms with Gasteiger partial charge in [0.2, 0.25) is 0 Å². The number of thioether (sulfide) groups is 1. The van der Waals surface area contributed by atoms with Crippen molar-refractivity contribution in [2.75, 3.05) is 0 Å². The Bertz CT molecular complexity index is 613. The molecule has 2 aromatic rings. The van der Waals surface area contributed by atoms with Crippen LogP contribution in [0.5, 0.6) is 0 Å². The van der Waals surface area contributed by atoms with Crippen LogP contribution in [0.4, 0.5) is 4.39 Å². The molecule has 0 saturated heterocycles. The third-order valence-corrected chi connectivity index (χ3v) is 4.94. The van der Waals surface area contributed by atoms with Crippen LogP contribution in [0, 0.1) is 5.82 Å². The molecule has 1 aromatic carbocycles. The topological polar surface area (TPSA) is 50.2 Å². The predicted octanol–water partition coefficient (Wildman–Crippen LogP) is 4.23. The largest absolute Gasteiger partial charge is 0.477 e. The average Bonchev–Trinajstić information content (AvgIpc) is 2.82. The van der Waals surface area contributed by atoms with Gasteiger partial charge in [0.15, 0.2) is 0 Å². The van der Waals surface area contributed by atoms with E-state index in [1.54, 1.807) is 18.2 Å². The summed E-state index contributed by atoms with van der Waals surface area (Å²) in [5.41, 5.74) is 0.633. The lowest BCUT2D eigenvalue weighted by molar-refractivity contribution is 0.0700. The van der Waals surface area contributed by atoms with E-state index in [-0.39, 0.29) is 5.82 Å². The van der Waals surface area contributed by atoms with Gasteiger partial charge in [0.05, 0.1) is 11.4 Å². The van der Waals surface area contributed by atoms with Crippen LogP contribution in [0.1, 0.15) is 33.7 Å². The molecule has 0 bridgehead atoms. The Morgan fingerprint density at radius 2 is 2.20 bits per heavy atom. The molecule has 106 valence electrons. The van der Waals surface area contributed by atoms with Gasteiger partial charge in [0.1, 0.15) is 15.7 Å². The number of carboxylic acid groups (broad SMARTS) is 1. The van der Waals surface area contributed by atoms with Crippen LogP contribution < -0.4 is 0 Å². The molecule has 0 spiro atoms. The van der Waals surface area contributed by atoms with Gasteiger partial charge in [-0.15, -0.1) is 23.1 Å². The predicted molar refractivity (Wildman–Crippen MR) is 79.0 cm³/mol. The van der Waals surface area contributed by atoms with Crippen molar-refractivity contribution in [1.82, 2.24) is 4.98 Å². The lowest BCUT2D eigenvalue weighted by Crippen LogP contribution is -1.98. The number of hydrogen-bond acceptors (Lipinski definition) is 4. The van der Waals surface area contributed by atoms with E-state index in [9.17, 15) is 9.18 Å². The quantitative estimate of drug-likeness (QED) is 0.811. The molecule has 0 aliphatic rings. The smallest absolute Gasteiger partial charge is 0.347 e. The summed E-state index contributed by atoms with van der Waals surface area (Å²) in [6, 6.07) is 6.54. The second-order valence-corrected chi connectivity index (χ2v) is 6.26. The van der Waals surface area contributed by atoms with Crippen LogP contribution in [0.15, 0.2) is 29.2 Å². The van der Waals surface area contributed by atoms with Gasteiger partial charge < -0.3 is 5.11 Å². The molecular weight excluding hydrogens is 297 g/mol. The number of hydrogen-bond donors (Lipinski definition) is 1. The zero-order chi connectivity index (χ0) is 14.5. The van der Waals surface area contributed by atoms with Crippen molar-refractivity contribution in [1.29, 1.82) is 0 Å². The van der Waals surface area contributed by atoms with E-state index in [1.807, 2.05) is 6.92 Å². The minimum atomic E-state index is -0.937. The van der Waals surface area contributed by atoms with E-state index < -0.39 is 5.97 Å². The fraction of sp³-hybridized carbons (Fsp3) is 0.286. The maximum absolute atomic E-state index is 13.5. The van der Waals surface area contributed by atoms with Crippen molar-refractivity contribution < 1.29 is 14.3 Å². The van der Waals surface area contributed by atoms with Gasteiger partial charge in [-0.1, -0.05) is 25.5 Å². The third kappa shape index (κ3) is 3.58. The monoisotopic (exact) mass is 311 g/mol. The summed E-state index contributed by atoms with van der Waals surface area (Å²) in [5, 5.41) is 9.86. The highest BCUT2D eigenvalue weighted by Gasteiger charge is 2.16. The van der Waals surface area contributed by atoms with Gasteiger partial charge in [-0.2, -0.15) is 0 Å². The Balaban J connectivity index is 2.12. The normalized spacial score (nSPS) is 10.7. The second kappa shape index (κ2) is 6.85. The van der Waals surface area contributed by atoms with Gasteiger partial charge in [-0.25, -0.2) is 14.2 Å². The van der Waals surface area contributed by atoms with E-state index in [0.29, 0.717) is 27.6 Å². The molecule has 0 atom stereocenters. The summed E-state index contributed by atoms with van der Waals surface area (Å²) < 4.78 is 13.5. The molecule has 0 aliphatic heterocycles. The minimum Gasteiger partial charge on any atom is -0.477 e. The van der Waals surface area contributed by atoms with E-state index in [1.165, 1.54) is 29.2 Å². The molecule has 0 amide bonds. The van der Waals surface area contributed by atoms with Crippen LogP contribution in [0.25, 0.3) is 0 Å². The molecule has 0 fully saturated rings. The maximum Gasteiger partial charge on any atom is 0.347 e. The number of aromatic nitrogens is 1. The number of rotatable bonds is 6. The van der Waals surface area contributed by atoms with Crippen molar-refractivity contribution >= 4 is 29.1 Å². The van der Waals surface area contributed by atoms with Gasteiger partial charge in [0, 0.05) is 4.90 Å². The fourth-order valence-electron chi connectivity index (χ4n) is 1.74. The molecule has 0 saturated carbocycles. The van der Waals surface area contributed by atoms with Crippen molar-refractivity contribution in [3.8, 4) is 0 Å². The first-order valence-corrected chi connectivity index (χ1v) is 8.01. The highest BCUT2D eigenvalue weighted by molar-refractivity contribution is 7.98. The summed E-state index contributed by atoms with van der Waals surface area (Å²) in [5.74, 6) is -0.718.